The summed E-state index contributed by atoms with van der Waals surface area (Å²) in [5.74, 6) is 2.27. The third-order valence-corrected chi connectivity index (χ3v) is 5.86. The summed E-state index contributed by atoms with van der Waals surface area (Å²) in [6.07, 6.45) is 8.84. The van der Waals surface area contributed by atoms with E-state index in [1.807, 2.05) is 6.92 Å². The topological polar surface area (TPSA) is 63.9 Å². The lowest BCUT2D eigenvalue weighted by atomic mass is 9.88. The molecule has 0 radical (unpaired) electrons. The number of fused-ring (bicyclic) bond motifs is 1. The molecular formula is C20H27N5O. The van der Waals surface area contributed by atoms with E-state index < -0.39 is 0 Å². The minimum absolute atomic E-state index is 0.0807. The Morgan fingerprint density at radius 1 is 1.19 bits per heavy atom. The molecule has 2 aromatic heterocycles. The molecule has 1 fully saturated rings. The van der Waals surface area contributed by atoms with Gasteiger partial charge in [-0.1, -0.05) is 6.92 Å². The highest BCUT2D eigenvalue weighted by Gasteiger charge is 2.23. The van der Waals surface area contributed by atoms with Crippen LogP contribution in [0.25, 0.3) is 0 Å². The van der Waals surface area contributed by atoms with Gasteiger partial charge in [0.25, 0.3) is 5.56 Å². The fourth-order valence-corrected chi connectivity index (χ4v) is 4.16. The second kappa shape index (κ2) is 7.17. The van der Waals surface area contributed by atoms with Gasteiger partial charge in [0.2, 0.25) is 0 Å². The van der Waals surface area contributed by atoms with Crippen molar-refractivity contribution >= 4 is 5.82 Å². The Kier molecular flexibility index (Phi) is 4.74. The van der Waals surface area contributed by atoms with Gasteiger partial charge in [0, 0.05) is 31.4 Å². The molecule has 0 amide bonds. The molecule has 0 spiro atoms. The van der Waals surface area contributed by atoms with Gasteiger partial charge in [0.05, 0.1) is 12.0 Å². The molecule has 1 unspecified atom stereocenters. The van der Waals surface area contributed by atoms with Crippen molar-refractivity contribution < 1.29 is 0 Å². The Labute approximate surface area is 154 Å². The molecule has 0 N–H and O–H groups in total. The van der Waals surface area contributed by atoms with E-state index >= 15 is 0 Å². The van der Waals surface area contributed by atoms with Crippen molar-refractivity contribution in [3.63, 3.8) is 0 Å². The van der Waals surface area contributed by atoms with Crippen LogP contribution >= 0.6 is 0 Å². The fraction of sp³-hybridized carbons (Fsp3) is 0.600. The van der Waals surface area contributed by atoms with Crippen LogP contribution in [0.4, 0.5) is 5.82 Å². The van der Waals surface area contributed by atoms with E-state index in [-0.39, 0.29) is 5.56 Å². The zero-order valence-corrected chi connectivity index (χ0v) is 15.7. The summed E-state index contributed by atoms with van der Waals surface area (Å²) in [5.41, 5.74) is 3.36. The molecule has 0 saturated carbocycles. The van der Waals surface area contributed by atoms with Crippen molar-refractivity contribution in [3.8, 4) is 0 Å². The highest BCUT2D eigenvalue weighted by atomic mass is 16.1. The van der Waals surface area contributed by atoms with Gasteiger partial charge in [-0.2, -0.15) is 5.10 Å². The molecule has 6 heteroatoms. The van der Waals surface area contributed by atoms with Crippen molar-refractivity contribution in [2.75, 3.05) is 18.0 Å². The normalized spacial score (nSPS) is 20.8. The van der Waals surface area contributed by atoms with Crippen LogP contribution in [0, 0.1) is 18.8 Å². The Morgan fingerprint density at radius 3 is 2.81 bits per heavy atom. The SMILES string of the molecule is Cc1cncn(CC2CCN(c3cc4c(nn3)CCC(C)C4)CC2)c1=O. The second-order valence-corrected chi connectivity index (χ2v) is 7.99. The van der Waals surface area contributed by atoms with Gasteiger partial charge >= 0.3 is 0 Å². The van der Waals surface area contributed by atoms with Crippen LogP contribution in [0.3, 0.4) is 0 Å². The summed E-state index contributed by atoms with van der Waals surface area (Å²) in [7, 11) is 0. The summed E-state index contributed by atoms with van der Waals surface area (Å²) in [4.78, 5) is 18.7. The molecule has 1 atom stereocenters. The highest BCUT2D eigenvalue weighted by Crippen LogP contribution is 2.28. The first kappa shape index (κ1) is 17.2. The summed E-state index contributed by atoms with van der Waals surface area (Å²) in [6, 6.07) is 2.26. The second-order valence-electron chi connectivity index (χ2n) is 7.99. The Balaban J connectivity index is 1.40. The van der Waals surface area contributed by atoms with Crippen LogP contribution in [-0.4, -0.2) is 32.8 Å². The Morgan fingerprint density at radius 2 is 2.00 bits per heavy atom. The van der Waals surface area contributed by atoms with E-state index in [1.165, 1.54) is 17.7 Å². The summed E-state index contributed by atoms with van der Waals surface area (Å²) in [6.45, 7) is 6.85. The quantitative estimate of drug-likeness (QED) is 0.848. The lowest BCUT2D eigenvalue weighted by Gasteiger charge is -2.33. The molecule has 0 aromatic carbocycles. The van der Waals surface area contributed by atoms with Crippen LogP contribution in [-0.2, 0) is 19.4 Å². The van der Waals surface area contributed by atoms with Crippen LogP contribution in [0.1, 0.15) is 43.0 Å². The third-order valence-electron chi connectivity index (χ3n) is 5.86. The maximum Gasteiger partial charge on any atom is 0.256 e. The molecule has 0 bridgehead atoms. The van der Waals surface area contributed by atoms with Crippen molar-refractivity contribution in [1.29, 1.82) is 0 Å². The van der Waals surface area contributed by atoms with Crippen molar-refractivity contribution in [1.82, 2.24) is 19.7 Å². The van der Waals surface area contributed by atoms with Gasteiger partial charge in [-0.3, -0.25) is 9.36 Å². The number of hydrogen-bond donors (Lipinski definition) is 0. The minimum Gasteiger partial charge on any atom is -0.355 e. The number of anilines is 1. The third kappa shape index (κ3) is 3.50. The smallest absolute Gasteiger partial charge is 0.256 e. The molecule has 2 aliphatic rings. The standard InChI is InChI=1S/C20H27N5O/c1-14-3-4-18-17(9-14)10-19(23-22-18)24-7-5-16(6-8-24)12-25-13-21-11-15(2)20(25)26/h10-11,13-14,16H,3-9,12H2,1-2H3. The van der Waals surface area contributed by atoms with Crippen LogP contribution in [0.2, 0.25) is 0 Å². The number of aromatic nitrogens is 4. The first-order chi connectivity index (χ1) is 12.6. The summed E-state index contributed by atoms with van der Waals surface area (Å²) >= 11 is 0. The lowest BCUT2D eigenvalue weighted by Crippen LogP contribution is -2.37. The summed E-state index contributed by atoms with van der Waals surface area (Å²) in [5, 5.41) is 8.98. The number of piperidine rings is 1. The number of nitrogens with zero attached hydrogens (tertiary/aromatic N) is 5. The molecule has 1 saturated heterocycles. The molecule has 3 heterocycles. The lowest BCUT2D eigenvalue weighted by molar-refractivity contribution is 0.349. The van der Waals surface area contributed by atoms with Crippen LogP contribution < -0.4 is 10.5 Å². The average molecular weight is 353 g/mol. The van der Waals surface area contributed by atoms with E-state index in [0.29, 0.717) is 11.5 Å². The Bertz CT molecular complexity index is 838. The van der Waals surface area contributed by atoms with Gasteiger partial charge in [-0.05, 0) is 62.5 Å². The molecule has 4 rings (SSSR count). The number of hydrogen-bond acceptors (Lipinski definition) is 5. The van der Waals surface area contributed by atoms with Gasteiger partial charge in [0.15, 0.2) is 5.82 Å². The molecular weight excluding hydrogens is 326 g/mol. The molecule has 26 heavy (non-hydrogen) atoms. The van der Waals surface area contributed by atoms with Gasteiger partial charge in [-0.25, -0.2) is 4.98 Å². The molecule has 2 aromatic rings. The zero-order valence-electron chi connectivity index (χ0n) is 15.7. The molecule has 6 nitrogen and oxygen atoms in total. The zero-order chi connectivity index (χ0) is 18.1. The van der Waals surface area contributed by atoms with Gasteiger partial charge < -0.3 is 4.90 Å². The van der Waals surface area contributed by atoms with Crippen molar-refractivity contribution in [3.05, 3.63) is 45.8 Å². The van der Waals surface area contributed by atoms with Crippen molar-refractivity contribution in [2.45, 2.75) is 52.5 Å². The monoisotopic (exact) mass is 353 g/mol. The van der Waals surface area contributed by atoms with E-state index in [1.54, 1.807) is 17.1 Å². The van der Waals surface area contributed by atoms with Gasteiger partial charge in [-0.15, -0.1) is 5.10 Å². The van der Waals surface area contributed by atoms with E-state index in [0.717, 1.165) is 57.1 Å². The number of aryl methyl sites for hydroxylation is 2. The molecule has 1 aliphatic heterocycles. The molecule has 138 valence electrons. The Hall–Kier alpha value is -2.24. The highest BCUT2D eigenvalue weighted by molar-refractivity contribution is 5.42. The van der Waals surface area contributed by atoms with E-state index in [2.05, 4.69) is 33.1 Å². The molecule has 1 aliphatic carbocycles. The first-order valence-corrected chi connectivity index (χ1v) is 9.71. The van der Waals surface area contributed by atoms with Crippen LogP contribution in [0.5, 0.6) is 0 Å². The number of rotatable bonds is 3. The first-order valence-electron chi connectivity index (χ1n) is 9.71. The average Bonchev–Trinajstić information content (AvgIpc) is 2.65. The maximum absolute atomic E-state index is 12.2. The minimum atomic E-state index is 0.0807. The van der Waals surface area contributed by atoms with Gasteiger partial charge in [0.1, 0.15) is 0 Å². The predicted octanol–water partition coefficient (Wildman–Crippen LogP) is 2.38. The largest absolute Gasteiger partial charge is 0.355 e. The van der Waals surface area contributed by atoms with Crippen LogP contribution in [0.15, 0.2) is 23.4 Å². The maximum atomic E-state index is 12.2. The predicted molar refractivity (Wildman–Crippen MR) is 101 cm³/mol. The fourth-order valence-electron chi connectivity index (χ4n) is 4.16. The van der Waals surface area contributed by atoms with E-state index in [4.69, 9.17) is 0 Å². The van der Waals surface area contributed by atoms with Crippen molar-refractivity contribution in [2.24, 2.45) is 11.8 Å². The van der Waals surface area contributed by atoms with E-state index in [9.17, 15) is 4.79 Å². The summed E-state index contributed by atoms with van der Waals surface area (Å²) < 4.78 is 1.76.